The number of carbonyl (C=O) groups is 2. The van der Waals surface area contributed by atoms with E-state index in [1.165, 1.54) is 25.5 Å². The molecule has 9 nitrogen and oxygen atoms in total. The van der Waals surface area contributed by atoms with Crippen molar-refractivity contribution in [3.05, 3.63) is 74.8 Å². The Bertz CT molecular complexity index is 1210. The van der Waals surface area contributed by atoms with Crippen molar-refractivity contribution in [1.29, 1.82) is 0 Å². The number of hydrazone groups is 1. The average molecular weight is 482 g/mol. The lowest BCUT2D eigenvalue weighted by Gasteiger charge is -2.15. The molecule has 2 aromatic carbocycles. The molecule has 3 aliphatic rings. The van der Waals surface area contributed by atoms with Gasteiger partial charge in [0.2, 0.25) is 0 Å². The van der Waals surface area contributed by atoms with E-state index in [1.54, 1.807) is 24.3 Å². The monoisotopic (exact) mass is 481 g/mol. The number of allylic oxidation sites excluding steroid dienone is 2. The van der Waals surface area contributed by atoms with Gasteiger partial charge >= 0.3 is 0 Å². The Balaban J connectivity index is 1.39. The van der Waals surface area contributed by atoms with Crippen LogP contribution in [0, 0.1) is 33.8 Å². The molecule has 2 aromatic rings. The summed E-state index contributed by atoms with van der Waals surface area (Å²) in [6, 6.07) is 9.14. The summed E-state index contributed by atoms with van der Waals surface area (Å²) in [6.07, 6.45) is 6.26. The van der Waals surface area contributed by atoms with Crippen LogP contribution in [0.2, 0.25) is 5.02 Å². The fraction of sp³-hybridized carbons (Fsp3) is 0.292. The average Bonchev–Trinajstić information content (AvgIpc) is 3.51. The molecular formula is C24H20ClN3O6. The molecule has 1 saturated carbocycles. The largest absolute Gasteiger partial charge is 0.493 e. The lowest BCUT2D eigenvalue weighted by Crippen LogP contribution is -2.28. The molecule has 0 N–H and O–H groups in total. The van der Waals surface area contributed by atoms with Gasteiger partial charge in [-0.3, -0.25) is 19.7 Å². The summed E-state index contributed by atoms with van der Waals surface area (Å²) in [4.78, 5) is 36.2. The summed E-state index contributed by atoms with van der Waals surface area (Å²) in [6.45, 7) is 0.0948. The summed E-state index contributed by atoms with van der Waals surface area (Å²) in [7, 11) is 1.46. The van der Waals surface area contributed by atoms with Gasteiger partial charge in [0, 0.05) is 28.8 Å². The van der Waals surface area contributed by atoms with Gasteiger partial charge in [0.1, 0.15) is 6.61 Å². The minimum atomic E-state index is -0.474. The number of imide groups is 1. The van der Waals surface area contributed by atoms with Crippen LogP contribution in [-0.2, 0) is 16.2 Å². The standard InChI is InChI=1S/C24H20ClN3O6/c1-33-19-10-17(25)9-16(22(19)34-12-13-2-6-18(7-3-13)28(31)32)11-26-27-23(29)20-14-4-5-15(8-14)21(20)24(27)30/h2-7,9-11,14-15,20-21H,8,12H2,1H3/t14-,15-,20-,21+/m0/s1. The van der Waals surface area contributed by atoms with Gasteiger partial charge in [0.15, 0.2) is 11.5 Å². The number of nitrogens with zero attached hydrogens (tertiary/aromatic N) is 3. The van der Waals surface area contributed by atoms with Crippen molar-refractivity contribution in [1.82, 2.24) is 5.01 Å². The van der Waals surface area contributed by atoms with E-state index in [4.69, 9.17) is 21.1 Å². The second-order valence-corrected chi connectivity index (χ2v) is 8.91. The highest BCUT2D eigenvalue weighted by Crippen LogP contribution is 2.52. The molecule has 10 heteroatoms. The number of methoxy groups -OCH3 is 1. The van der Waals surface area contributed by atoms with Crippen LogP contribution >= 0.6 is 11.6 Å². The summed E-state index contributed by atoms with van der Waals surface area (Å²) in [5, 5.41) is 16.4. The number of carbonyl (C=O) groups excluding carboxylic acids is 2. The highest BCUT2D eigenvalue weighted by Gasteiger charge is 2.59. The number of nitro benzene ring substituents is 1. The molecule has 2 aliphatic carbocycles. The molecular weight excluding hydrogens is 462 g/mol. The number of rotatable bonds is 7. The maximum atomic E-state index is 12.9. The van der Waals surface area contributed by atoms with Crippen molar-refractivity contribution in [2.24, 2.45) is 28.8 Å². The van der Waals surface area contributed by atoms with E-state index in [1.807, 2.05) is 12.2 Å². The van der Waals surface area contributed by atoms with Crippen LogP contribution in [0.15, 0.2) is 53.7 Å². The zero-order valence-electron chi connectivity index (χ0n) is 18.1. The van der Waals surface area contributed by atoms with Gasteiger partial charge in [0.05, 0.1) is 30.1 Å². The second-order valence-electron chi connectivity index (χ2n) is 8.47. The summed E-state index contributed by atoms with van der Waals surface area (Å²) in [5.41, 5.74) is 1.10. The van der Waals surface area contributed by atoms with E-state index < -0.39 is 4.92 Å². The third-order valence-electron chi connectivity index (χ3n) is 6.56. The number of nitro groups is 1. The number of non-ortho nitro benzene ring substituents is 1. The fourth-order valence-electron chi connectivity index (χ4n) is 4.98. The van der Waals surface area contributed by atoms with Crippen LogP contribution in [0.3, 0.4) is 0 Å². The van der Waals surface area contributed by atoms with Crippen LogP contribution < -0.4 is 9.47 Å². The van der Waals surface area contributed by atoms with Crippen molar-refractivity contribution < 1.29 is 24.0 Å². The minimum Gasteiger partial charge on any atom is -0.493 e. The number of fused-ring (bicyclic) bond motifs is 5. The van der Waals surface area contributed by atoms with Crippen LogP contribution in [0.1, 0.15) is 17.5 Å². The molecule has 0 radical (unpaired) electrons. The van der Waals surface area contributed by atoms with E-state index in [0.717, 1.165) is 11.4 Å². The maximum Gasteiger partial charge on any atom is 0.269 e. The number of benzene rings is 2. The lowest BCUT2D eigenvalue weighted by molar-refractivity contribution is -0.384. The molecule has 0 aromatic heterocycles. The fourth-order valence-corrected chi connectivity index (χ4v) is 5.20. The van der Waals surface area contributed by atoms with E-state index in [9.17, 15) is 19.7 Å². The molecule has 174 valence electrons. The number of ether oxygens (including phenoxy) is 2. The Morgan fingerprint density at radius 2 is 1.79 bits per heavy atom. The lowest BCUT2D eigenvalue weighted by atomic mass is 9.85. The smallest absolute Gasteiger partial charge is 0.269 e. The van der Waals surface area contributed by atoms with Crippen LogP contribution in [0.25, 0.3) is 0 Å². The molecule has 2 fully saturated rings. The van der Waals surface area contributed by atoms with Gasteiger partial charge in [-0.15, -0.1) is 0 Å². The topological polar surface area (TPSA) is 111 Å². The Morgan fingerprint density at radius 1 is 1.15 bits per heavy atom. The summed E-state index contributed by atoms with van der Waals surface area (Å²) < 4.78 is 11.3. The highest BCUT2D eigenvalue weighted by molar-refractivity contribution is 6.31. The quantitative estimate of drug-likeness (QED) is 0.194. The third kappa shape index (κ3) is 3.71. The first-order chi connectivity index (χ1) is 16.4. The van der Waals surface area contributed by atoms with Crippen molar-refractivity contribution in [3.8, 4) is 11.5 Å². The molecule has 5 rings (SSSR count). The van der Waals surface area contributed by atoms with Gasteiger partial charge in [-0.1, -0.05) is 23.8 Å². The Morgan fingerprint density at radius 3 is 2.38 bits per heavy atom. The van der Waals surface area contributed by atoms with Crippen molar-refractivity contribution in [2.75, 3.05) is 7.11 Å². The van der Waals surface area contributed by atoms with Crippen molar-refractivity contribution in [3.63, 3.8) is 0 Å². The van der Waals surface area contributed by atoms with Gasteiger partial charge < -0.3 is 9.47 Å². The molecule has 2 amide bonds. The molecule has 0 spiro atoms. The molecule has 1 aliphatic heterocycles. The minimum absolute atomic E-state index is 0.0194. The van der Waals surface area contributed by atoms with Gasteiger partial charge in [-0.05, 0) is 42.0 Å². The molecule has 34 heavy (non-hydrogen) atoms. The maximum absolute atomic E-state index is 12.9. The normalized spacial score (nSPS) is 24.8. The zero-order valence-corrected chi connectivity index (χ0v) is 18.8. The second kappa shape index (κ2) is 8.57. The Kier molecular flexibility index (Phi) is 5.57. The number of hydrogen-bond acceptors (Lipinski definition) is 7. The van der Waals surface area contributed by atoms with E-state index in [0.29, 0.717) is 27.6 Å². The van der Waals surface area contributed by atoms with Crippen molar-refractivity contribution >= 4 is 35.3 Å². The molecule has 4 atom stereocenters. The molecule has 1 saturated heterocycles. The van der Waals surface area contributed by atoms with Gasteiger partial charge in [-0.25, -0.2) is 0 Å². The molecule has 2 bridgehead atoms. The van der Waals surface area contributed by atoms with Crippen LogP contribution in [0.4, 0.5) is 5.69 Å². The predicted octanol–water partition coefficient (Wildman–Crippen LogP) is 3.98. The first kappa shape index (κ1) is 22.1. The Hall–Kier alpha value is -3.72. The van der Waals surface area contributed by atoms with Crippen LogP contribution in [0.5, 0.6) is 11.5 Å². The van der Waals surface area contributed by atoms with Gasteiger partial charge in [0.25, 0.3) is 17.5 Å². The van der Waals surface area contributed by atoms with Crippen LogP contribution in [-0.4, -0.2) is 35.1 Å². The first-order valence-corrected chi connectivity index (χ1v) is 11.1. The predicted molar refractivity (Wildman–Crippen MR) is 123 cm³/mol. The van der Waals surface area contributed by atoms with Gasteiger partial charge in [-0.2, -0.15) is 10.1 Å². The molecule has 1 heterocycles. The van der Waals surface area contributed by atoms with E-state index >= 15 is 0 Å². The number of amides is 2. The number of hydrogen-bond donors (Lipinski definition) is 0. The first-order valence-electron chi connectivity index (χ1n) is 10.7. The molecule has 0 unspecified atom stereocenters. The van der Waals surface area contributed by atoms with E-state index in [2.05, 4.69) is 5.10 Å². The van der Waals surface area contributed by atoms with Crippen molar-refractivity contribution in [2.45, 2.75) is 13.0 Å². The Labute approximate surface area is 199 Å². The highest BCUT2D eigenvalue weighted by atomic mass is 35.5. The summed E-state index contributed by atoms with van der Waals surface area (Å²) in [5.74, 6) is -0.408. The third-order valence-corrected chi connectivity index (χ3v) is 6.78. The number of halogens is 1. The SMILES string of the molecule is COc1cc(Cl)cc(C=NN2C(=O)[C@@H]3[C@H](C2=O)[C@H]2C=C[C@H]3C2)c1OCc1ccc([N+](=O)[O-])cc1. The van der Waals surface area contributed by atoms with E-state index in [-0.39, 0.29) is 47.8 Å². The summed E-state index contributed by atoms with van der Waals surface area (Å²) >= 11 is 6.23. The zero-order chi connectivity index (χ0) is 24.0.